The van der Waals surface area contributed by atoms with Crippen molar-refractivity contribution in [2.75, 3.05) is 26.8 Å². The van der Waals surface area contributed by atoms with Crippen LogP contribution in [-0.2, 0) is 0 Å². The predicted octanol–water partition coefficient (Wildman–Crippen LogP) is 1.62. The molecule has 0 radical (unpaired) electrons. The third kappa shape index (κ3) is 2.05. The molecule has 2 rings (SSSR count). The Kier molecular flexibility index (Phi) is 3.46. The standard InChI is InChI=1S/C11H12BrNO3/c1-13-6-8(14)10-7(12)2-3-9-11(10)16-5-4-15-9/h2-3,13H,4-6H2,1H3. The minimum absolute atomic E-state index is 0.0169. The molecule has 1 aliphatic heterocycles. The molecular weight excluding hydrogens is 274 g/mol. The summed E-state index contributed by atoms with van der Waals surface area (Å²) >= 11 is 3.36. The summed E-state index contributed by atoms with van der Waals surface area (Å²) in [5, 5.41) is 2.83. The van der Waals surface area contributed by atoms with Gasteiger partial charge in [0.1, 0.15) is 13.2 Å². The Morgan fingerprint density at radius 2 is 2.19 bits per heavy atom. The monoisotopic (exact) mass is 285 g/mol. The SMILES string of the molecule is CNCC(=O)c1c(Br)ccc2c1OCCO2. The Morgan fingerprint density at radius 3 is 2.94 bits per heavy atom. The Balaban J connectivity index is 2.45. The number of likely N-dealkylation sites (N-methyl/N-ethyl adjacent to an activating group) is 1. The molecule has 16 heavy (non-hydrogen) atoms. The van der Waals surface area contributed by atoms with E-state index < -0.39 is 0 Å². The number of ether oxygens (including phenoxy) is 2. The van der Waals surface area contributed by atoms with Crippen molar-refractivity contribution >= 4 is 21.7 Å². The predicted molar refractivity (Wildman–Crippen MR) is 63.4 cm³/mol. The number of Topliss-reactive ketones (excluding diaryl/α,β-unsaturated/α-hetero) is 1. The molecule has 5 heteroatoms. The van der Waals surface area contributed by atoms with Crippen LogP contribution < -0.4 is 14.8 Å². The van der Waals surface area contributed by atoms with Crippen molar-refractivity contribution in [3.8, 4) is 11.5 Å². The van der Waals surface area contributed by atoms with Crippen LogP contribution in [0, 0.1) is 0 Å². The summed E-state index contributed by atoms with van der Waals surface area (Å²) in [5.41, 5.74) is 0.548. The lowest BCUT2D eigenvalue weighted by molar-refractivity contribution is 0.0981. The third-order valence-corrected chi connectivity index (χ3v) is 2.94. The van der Waals surface area contributed by atoms with Gasteiger partial charge in [0.05, 0.1) is 12.1 Å². The van der Waals surface area contributed by atoms with Crippen molar-refractivity contribution in [1.82, 2.24) is 5.32 Å². The van der Waals surface area contributed by atoms with Crippen molar-refractivity contribution in [1.29, 1.82) is 0 Å². The van der Waals surface area contributed by atoms with Gasteiger partial charge in [-0.3, -0.25) is 4.79 Å². The van der Waals surface area contributed by atoms with Crippen LogP contribution in [0.1, 0.15) is 10.4 Å². The van der Waals surface area contributed by atoms with E-state index in [-0.39, 0.29) is 12.3 Å². The summed E-state index contributed by atoms with van der Waals surface area (Å²) < 4.78 is 11.7. The second-order valence-corrected chi connectivity index (χ2v) is 4.25. The highest BCUT2D eigenvalue weighted by Gasteiger charge is 2.22. The molecule has 1 aliphatic rings. The lowest BCUT2D eigenvalue weighted by atomic mass is 10.1. The van der Waals surface area contributed by atoms with Crippen LogP contribution >= 0.6 is 15.9 Å². The number of benzene rings is 1. The largest absolute Gasteiger partial charge is 0.486 e. The number of rotatable bonds is 3. The number of hydrogen-bond acceptors (Lipinski definition) is 4. The molecule has 0 amide bonds. The number of ketones is 1. The van der Waals surface area contributed by atoms with E-state index in [0.29, 0.717) is 30.3 Å². The smallest absolute Gasteiger partial charge is 0.181 e. The minimum atomic E-state index is -0.0169. The number of nitrogens with one attached hydrogen (secondary N) is 1. The van der Waals surface area contributed by atoms with Crippen molar-refractivity contribution in [3.05, 3.63) is 22.2 Å². The summed E-state index contributed by atoms with van der Waals surface area (Å²) in [4.78, 5) is 11.9. The summed E-state index contributed by atoms with van der Waals surface area (Å²) in [6, 6.07) is 3.60. The summed E-state index contributed by atoms with van der Waals surface area (Å²) in [7, 11) is 1.73. The van der Waals surface area contributed by atoms with Crippen molar-refractivity contribution < 1.29 is 14.3 Å². The average Bonchev–Trinajstić information content (AvgIpc) is 2.29. The fourth-order valence-corrected chi connectivity index (χ4v) is 2.13. The first-order valence-electron chi connectivity index (χ1n) is 5.00. The normalized spacial score (nSPS) is 13.6. The zero-order valence-corrected chi connectivity index (χ0v) is 10.5. The highest BCUT2D eigenvalue weighted by atomic mass is 79.9. The van der Waals surface area contributed by atoms with Gasteiger partial charge in [-0.25, -0.2) is 0 Å². The van der Waals surface area contributed by atoms with Crippen LogP contribution in [-0.4, -0.2) is 32.6 Å². The average molecular weight is 286 g/mol. The second-order valence-electron chi connectivity index (χ2n) is 3.40. The van der Waals surface area contributed by atoms with Crippen molar-refractivity contribution in [2.45, 2.75) is 0 Å². The van der Waals surface area contributed by atoms with Gasteiger partial charge in [0.15, 0.2) is 17.3 Å². The number of halogens is 1. The van der Waals surface area contributed by atoms with Crippen LogP contribution in [0.15, 0.2) is 16.6 Å². The first kappa shape index (κ1) is 11.4. The molecule has 0 bridgehead atoms. The van der Waals surface area contributed by atoms with Crippen LogP contribution in [0.4, 0.5) is 0 Å². The number of hydrogen-bond donors (Lipinski definition) is 1. The lowest BCUT2D eigenvalue weighted by Crippen LogP contribution is -2.22. The van der Waals surface area contributed by atoms with E-state index in [9.17, 15) is 4.79 Å². The fraction of sp³-hybridized carbons (Fsp3) is 0.364. The molecule has 0 aliphatic carbocycles. The molecule has 86 valence electrons. The Labute approximate surface area is 102 Å². The summed E-state index contributed by atoms with van der Waals surface area (Å²) in [6.45, 7) is 1.27. The van der Waals surface area contributed by atoms with Crippen LogP contribution in [0.25, 0.3) is 0 Å². The van der Waals surface area contributed by atoms with E-state index >= 15 is 0 Å². The fourth-order valence-electron chi connectivity index (χ4n) is 1.60. The van der Waals surface area contributed by atoms with Crippen LogP contribution in [0.3, 0.4) is 0 Å². The van der Waals surface area contributed by atoms with E-state index in [1.807, 2.05) is 0 Å². The summed E-state index contributed by atoms with van der Waals surface area (Å²) in [5.74, 6) is 1.16. The van der Waals surface area contributed by atoms with Gasteiger partial charge in [0, 0.05) is 4.47 Å². The third-order valence-electron chi connectivity index (χ3n) is 2.27. The van der Waals surface area contributed by atoms with E-state index in [2.05, 4.69) is 21.2 Å². The Hall–Kier alpha value is -1.07. The Morgan fingerprint density at radius 1 is 1.44 bits per heavy atom. The molecule has 0 spiro atoms. The van der Waals surface area contributed by atoms with Gasteiger partial charge in [-0.2, -0.15) is 0 Å². The van der Waals surface area contributed by atoms with Crippen LogP contribution in [0.2, 0.25) is 0 Å². The van der Waals surface area contributed by atoms with E-state index in [4.69, 9.17) is 9.47 Å². The maximum absolute atomic E-state index is 11.9. The molecule has 0 fully saturated rings. The van der Waals surface area contributed by atoms with Crippen LogP contribution in [0.5, 0.6) is 11.5 Å². The maximum Gasteiger partial charge on any atom is 0.181 e. The van der Waals surface area contributed by atoms with Gasteiger partial charge >= 0.3 is 0 Å². The molecule has 1 aromatic carbocycles. The molecule has 0 aromatic heterocycles. The van der Waals surface area contributed by atoms with Gasteiger partial charge in [-0.1, -0.05) is 0 Å². The molecule has 0 saturated heterocycles. The first-order chi connectivity index (χ1) is 7.74. The number of carbonyl (C=O) groups is 1. The summed E-state index contributed by atoms with van der Waals surface area (Å²) in [6.07, 6.45) is 0. The van der Waals surface area contributed by atoms with Gasteiger partial charge < -0.3 is 14.8 Å². The highest BCUT2D eigenvalue weighted by molar-refractivity contribution is 9.10. The number of fused-ring (bicyclic) bond motifs is 1. The maximum atomic E-state index is 11.9. The molecule has 0 saturated carbocycles. The van der Waals surface area contributed by atoms with Gasteiger partial charge in [0.2, 0.25) is 0 Å². The van der Waals surface area contributed by atoms with E-state index in [1.165, 1.54) is 0 Å². The Bertz CT molecular complexity index is 420. The quantitative estimate of drug-likeness (QED) is 0.858. The number of carbonyl (C=O) groups excluding carboxylic acids is 1. The molecule has 1 N–H and O–H groups in total. The van der Waals surface area contributed by atoms with Gasteiger partial charge in [-0.15, -0.1) is 0 Å². The second kappa shape index (κ2) is 4.84. The van der Waals surface area contributed by atoms with Crippen molar-refractivity contribution in [3.63, 3.8) is 0 Å². The zero-order chi connectivity index (χ0) is 11.5. The van der Waals surface area contributed by atoms with E-state index in [1.54, 1.807) is 19.2 Å². The molecule has 4 nitrogen and oxygen atoms in total. The van der Waals surface area contributed by atoms with Gasteiger partial charge in [0.25, 0.3) is 0 Å². The highest BCUT2D eigenvalue weighted by Crippen LogP contribution is 2.38. The minimum Gasteiger partial charge on any atom is -0.486 e. The van der Waals surface area contributed by atoms with Gasteiger partial charge in [-0.05, 0) is 35.1 Å². The molecule has 1 aromatic rings. The molecule has 0 unspecified atom stereocenters. The lowest BCUT2D eigenvalue weighted by Gasteiger charge is -2.21. The molecule has 0 atom stereocenters. The molecule has 1 heterocycles. The topological polar surface area (TPSA) is 47.6 Å². The zero-order valence-electron chi connectivity index (χ0n) is 8.88. The first-order valence-corrected chi connectivity index (χ1v) is 5.79. The molecular formula is C11H12BrNO3. The van der Waals surface area contributed by atoms with E-state index in [0.717, 1.165) is 4.47 Å². The van der Waals surface area contributed by atoms with Crippen molar-refractivity contribution in [2.24, 2.45) is 0 Å².